The van der Waals surface area contributed by atoms with Crippen LogP contribution in [0.4, 0.5) is 0 Å². The molecule has 31 heavy (non-hydrogen) atoms. The molecule has 2 nitrogen and oxygen atoms in total. The van der Waals surface area contributed by atoms with Gasteiger partial charge in [-0.2, -0.15) is 0 Å². The van der Waals surface area contributed by atoms with Gasteiger partial charge in [0, 0.05) is 11.0 Å². The third kappa shape index (κ3) is 2.64. The van der Waals surface area contributed by atoms with Crippen LogP contribution in [0, 0.1) is 51.2 Å². The van der Waals surface area contributed by atoms with Crippen LogP contribution in [0.5, 0.6) is 0 Å². The van der Waals surface area contributed by atoms with Crippen molar-refractivity contribution in [2.75, 3.05) is 6.54 Å². The van der Waals surface area contributed by atoms with E-state index in [0.717, 1.165) is 24.7 Å². The summed E-state index contributed by atoms with van der Waals surface area (Å²) >= 11 is 0. The van der Waals surface area contributed by atoms with Gasteiger partial charge in [-0.3, -0.25) is 0 Å². The molecule has 5 fully saturated rings. The van der Waals surface area contributed by atoms with E-state index in [-0.39, 0.29) is 11.0 Å². The Bertz CT molecular complexity index is 786. The number of piperidine rings is 1. The molecule has 4 aliphatic carbocycles. The lowest BCUT2D eigenvalue weighted by molar-refractivity contribution is -0.227. The van der Waals surface area contributed by atoms with Crippen molar-refractivity contribution in [1.29, 1.82) is 0 Å². The molecule has 0 amide bonds. The van der Waals surface area contributed by atoms with Gasteiger partial charge in [-0.1, -0.05) is 32.9 Å². The highest BCUT2D eigenvalue weighted by molar-refractivity contribution is 5.62. The molecule has 1 saturated heterocycles. The number of hydrogen-bond donors (Lipinski definition) is 1. The number of carbonyl (C=O) groups excluding carboxylic acids is 1. The molecule has 2 heteroatoms. The second-order valence-electron chi connectivity index (χ2n) is 13.9. The second kappa shape index (κ2) is 6.71. The molecular formula is C29H47NO. The zero-order chi connectivity index (χ0) is 22.4. The minimum absolute atomic E-state index is 0.0607. The molecule has 1 heterocycles. The highest BCUT2D eigenvalue weighted by atomic mass is 16.1. The summed E-state index contributed by atoms with van der Waals surface area (Å²) in [6.45, 7) is 20.8. The van der Waals surface area contributed by atoms with Crippen LogP contribution in [0.25, 0.3) is 0 Å². The molecule has 0 aromatic heterocycles. The Morgan fingerprint density at radius 2 is 1.61 bits per heavy atom. The Balaban J connectivity index is 1.56. The Kier molecular flexibility index (Phi) is 4.80. The number of aldehydes is 1. The van der Waals surface area contributed by atoms with Crippen molar-refractivity contribution in [2.24, 2.45) is 51.2 Å². The van der Waals surface area contributed by atoms with Crippen molar-refractivity contribution >= 4 is 6.29 Å². The maximum absolute atomic E-state index is 12.5. The molecule has 1 aliphatic heterocycles. The van der Waals surface area contributed by atoms with E-state index in [9.17, 15) is 4.79 Å². The van der Waals surface area contributed by atoms with Gasteiger partial charge in [0.05, 0.1) is 0 Å². The fraction of sp³-hybridized carbons (Fsp3) is 0.897. The maximum atomic E-state index is 12.5. The normalized spacial score (nSPS) is 55.4. The summed E-state index contributed by atoms with van der Waals surface area (Å²) in [5.41, 5.74) is 2.72. The average Bonchev–Trinajstić information content (AvgIpc) is 3.08. The third-order valence-electron chi connectivity index (χ3n) is 12.7. The van der Waals surface area contributed by atoms with Gasteiger partial charge in [0.2, 0.25) is 0 Å². The second-order valence-corrected chi connectivity index (χ2v) is 13.9. The number of allylic oxidation sites excluding steroid dienone is 1. The number of carbonyl (C=O) groups is 1. The van der Waals surface area contributed by atoms with Gasteiger partial charge < -0.3 is 10.1 Å². The van der Waals surface area contributed by atoms with Crippen molar-refractivity contribution in [2.45, 2.75) is 105 Å². The molecule has 4 saturated carbocycles. The summed E-state index contributed by atoms with van der Waals surface area (Å²) in [5, 5.41) is 3.87. The predicted octanol–water partition coefficient (Wildman–Crippen LogP) is 6.79. The van der Waals surface area contributed by atoms with E-state index in [1.165, 1.54) is 63.3 Å². The van der Waals surface area contributed by atoms with Gasteiger partial charge in [0.1, 0.15) is 6.29 Å². The zero-order valence-corrected chi connectivity index (χ0v) is 21.2. The molecule has 174 valence electrons. The minimum Gasteiger partial charge on any atom is -0.311 e. The molecule has 0 bridgehead atoms. The molecule has 5 rings (SSSR count). The lowest BCUT2D eigenvalue weighted by Gasteiger charge is -2.72. The SMILES string of the molecule is C=C(C)[C@@H]1CC[C@]2(C=O)CC[C@]3(C)[C@H](CC[C@@H]4[C@@]5(C)CCNC(C)(C)[C@@H]5CC[C@]43C)[C@@H]12. The summed E-state index contributed by atoms with van der Waals surface area (Å²) < 4.78 is 0. The summed E-state index contributed by atoms with van der Waals surface area (Å²) in [4.78, 5) is 12.5. The van der Waals surface area contributed by atoms with Gasteiger partial charge >= 0.3 is 0 Å². The summed E-state index contributed by atoms with van der Waals surface area (Å²) in [5.74, 6) is 3.37. The Hall–Kier alpha value is -0.630. The average molecular weight is 426 g/mol. The van der Waals surface area contributed by atoms with Crippen molar-refractivity contribution in [1.82, 2.24) is 5.32 Å². The molecule has 9 atom stereocenters. The van der Waals surface area contributed by atoms with Crippen LogP contribution in [-0.2, 0) is 4.79 Å². The van der Waals surface area contributed by atoms with E-state index in [0.29, 0.717) is 34.0 Å². The topological polar surface area (TPSA) is 29.1 Å². The highest BCUT2D eigenvalue weighted by Crippen LogP contribution is 2.76. The molecule has 0 spiro atoms. The Morgan fingerprint density at radius 1 is 0.871 bits per heavy atom. The van der Waals surface area contributed by atoms with Crippen LogP contribution in [0.15, 0.2) is 12.2 Å². The van der Waals surface area contributed by atoms with E-state index in [1.54, 1.807) is 0 Å². The quantitative estimate of drug-likeness (QED) is 0.389. The van der Waals surface area contributed by atoms with Crippen LogP contribution < -0.4 is 5.32 Å². The predicted molar refractivity (Wildman–Crippen MR) is 129 cm³/mol. The summed E-state index contributed by atoms with van der Waals surface area (Å²) in [7, 11) is 0. The third-order valence-corrected chi connectivity index (χ3v) is 12.7. The molecule has 1 N–H and O–H groups in total. The first-order valence-electron chi connectivity index (χ1n) is 13.3. The van der Waals surface area contributed by atoms with E-state index >= 15 is 0 Å². The van der Waals surface area contributed by atoms with E-state index in [1.807, 2.05) is 0 Å². The van der Waals surface area contributed by atoms with Crippen molar-refractivity contribution in [3.8, 4) is 0 Å². The zero-order valence-electron chi connectivity index (χ0n) is 21.2. The molecule has 5 aliphatic rings. The molecule has 0 aromatic carbocycles. The number of hydrogen-bond acceptors (Lipinski definition) is 2. The van der Waals surface area contributed by atoms with Crippen LogP contribution in [0.2, 0.25) is 0 Å². The number of nitrogens with one attached hydrogen (secondary N) is 1. The first kappa shape index (κ1) is 22.2. The standard InChI is InChI=1S/C29H47NO/c1-19(2)20-10-13-29(18-31)15-14-27(6)21(24(20)29)8-9-23-26(5)16-17-30-25(3,4)22(26)11-12-28(23,27)7/h18,20-24,30H,1,8-17H2,2-7H3/t20-,21+,22-,23+,24+,26-,27+,28+,29+/m0/s1. The van der Waals surface area contributed by atoms with E-state index in [4.69, 9.17) is 0 Å². The van der Waals surface area contributed by atoms with Crippen LogP contribution in [-0.4, -0.2) is 18.4 Å². The van der Waals surface area contributed by atoms with Crippen LogP contribution >= 0.6 is 0 Å². The number of rotatable bonds is 2. The monoisotopic (exact) mass is 425 g/mol. The van der Waals surface area contributed by atoms with Crippen molar-refractivity contribution < 1.29 is 4.79 Å². The van der Waals surface area contributed by atoms with Crippen molar-refractivity contribution in [3.05, 3.63) is 12.2 Å². The fourth-order valence-electron chi connectivity index (χ4n) is 11.1. The summed E-state index contributed by atoms with van der Waals surface area (Å²) in [6.07, 6.45) is 12.8. The van der Waals surface area contributed by atoms with Gasteiger partial charge in [-0.25, -0.2) is 0 Å². The highest BCUT2D eigenvalue weighted by Gasteiger charge is 2.70. The largest absolute Gasteiger partial charge is 0.311 e. The lowest BCUT2D eigenvalue weighted by atomic mass is 9.33. The maximum Gasteiger partial charge on any atom is 0.126 e. The van der Waals surface area contributed by atoms with Crippen molar-refractivity contribution in [3.63, 3.8) is 0 Å². The lowest BCUT2D eigenvalue weighted by Crippen LogP contribution is -2.69. The van der Waals surface area contributed by atoms with Gasteiger partial charge in [0.25, 0.3) is 0 Å². The minimum atomic E-state index is -0.0607. The molecule has 0 radical (unpaired) electrons. The molecule has 0 unspecified atom stereocenters. The van der Waals surface area contributed by atoms with Gasteiger partial charge in [0.15, 0.2) is 0 Å². The first-order chi connectivity index (χ1) is 14.5. The first-order valence-corrected chi connectivity index (χ1v) is 13.3. The smallest absolute Gasteiger partial charge is 0.126 e. The Labute approximate surface area is 191 Å². The number of fused-ring (bicyclic) bond motifs is 7. The fourth-order valence-corrected chi connectivity index (χ4v) is 11.1. The molecule has 0 aromatic rings. The van der Waals surface area contributed by atoms with Gasteiger partial charge in [-0.05, 0) is 131 Å². The Morgan fingerprint density at radius 3 is 2.29 bits per heavy atom. The summed E-state index contributed by atoms with van der Waals surface area (Å²) in [6, 6.07) is 0. The molecular weight excluding hydrogens is 378 g/mol. The van der Waals surface area contributed by atoms with Gasteiger partial charge in [-0.15, -0.1) is 0 Å². The van der Waals surface area contributed by atoms with Crippen LogP contribution in [0.3, 0.4) is 0 Å². The van der Waals surface area contributed by atoms with Crippen LogP contribution in [0.1, 0.15) is 99.3 Å². The van der Waals surface area contributed by atoms with E-state index in [2.05, 4.69) is 53.4 Å². The van der Waals surface area contributed by atoms with E-state index < -0.39 is 0 Å².